The van der Waals surface area contributed by atoms with Crippen LogP contribution in [-0.2, 0) is 6.54 Å². The van der Waals surface area contributed by atoms with E-state index in [-0.39, 0.29) is 17.9 Å². The average molecular weight is 347 g/mol. The van der Waals surface area contributed by atoms with Crippen molar-refractivity contribution in [1.82, 2.24) is 35.3 Å². The standard InChI is InChI=1S/C16H22FN7O/c1-12(2)18-16(25)23-9-7-22(8-10-23)11-15-19-20-21-24(15)14-5-3-13(17)4-6-14/h3-6,12H,7-11H2,1-2H3,(H,18,25). The smallest absolute Gasteiger partial charge is 0.317 e. The molecule has 0 aliphatic carbocycles. The third-order valence-corrected chi connectivity index (χ3v) is 4.04. The summed E-state index contributed by atoms with van der Waals surface area (Å²) in [6.07, 6.45) is 0. The van der Waals surface area contributed by atoms with Gasteiger partial charge in [0.05, 0.1) is 12.2 Å². The Balaban J connectivity index is 1.59. The van der Waals surface area contributed by atoms with Crippen LogP contribution in [0.4, 0.5) is 9.18 Å². The number of urea groups is 1. The fourth-order valence-corrected chi connectivity index (χ4v) is 2.73. The van der Waals surface area contributed by atoms with Gasteiger partial charge in [0, 0.05) is 32.2 Å². The lowest BCUT2D eigenvalue weighted by Gasteiger charge is -2.34. The lowest BCUT2D eigenvalue weighted by atomic mass is 10.3. The van der Waals surface area contributed by atoms with E-state index in [2.05, 4.69) is 25.7 Å². The molecule has 1 N–H and O–H groups in total. The predicted octanol–water partition coefficient (Wildman–Crippen LogP) is 1.04. The van der Waals surface area contributed by atoms with E-state index in [1.165, 1.54) is 12.1 Å². The Labute approximate surface area is 145 Å². The molecule has 8 nitrogen and oxygen atoms in total. The van der Waals surface area contributed by atoms with Crippen LogP contribution in [0.5, 0.6) is 0 Å². The first-order valence-corrected chi connectivity index (χ1v) is 8.34. The first-order chi connectivity index (χ1) is 12.0. The third kappa shape index (κ3) is 4.30. The summed E-state index contributed by atoms with van der Waals surface area (Å²) in [6, 6.07) is 6.16. The molecule has 1 saturated heterocycles. The number of aromatic nitrogens is 4. The lowest BCUT2D eigenvalue weighted by molar-refractivity contribution is 0.132. The maximum atomic E-state index is 13.1. The number of amides is 2. The number of piperazine rings is 1. The van der Waals surface area contributed by atoms with E-state index in [0.717, 1.165) is 18.8 Å². The highest BCUT2D eigenvalue weighted by atomic mass is 19.1. The van der Waals surface area contributed by atoms with Gasteiger partial charge in [-0.05, 0) is 48.5 Å². The summed E-state index contributed by atoms with van der Waals surface area (Å²) in [6.45, 7) is 7.30. The number of benzene rings is 1. The van der Waals surface area contributed by atoms with Gasteiger partial charge in [0.1, 0.15) is 5.82 Å². The quantitative estimate of drug-likeness (QED) is 0.894. The molecule has 0 saturated carbocycles. The van der Waals surface area contributed by atoms with Gasteiger partial charge in [-0.3, -0.25) is 4.90 Å². The molecule has 134 valence electrons. The Morgan fingerprint density at radius 1 is 1.20 bits per heavy atom. The molecule has 2 aromatic rings. The topological polar surface area (TPSA) is 79.2 Å². The van der Waals surface area contributed by atoms with Crippen LogP contribution in [-0.4, -0.2) is 68.3 Å². The minimum Gasteiger partial charge on any atom is -0.336 e. The lowest BCUT2D eigenvalue weighted by Crippen LogP contribution is -2.52. The van der Waals surface area contributed by atoms with E-state index in [9.17, 15) is 9.18 Å². The summed E-state index contributed by atoms with van der Waals surface area (Å²) >= 11 is 0. The molecule has 1 aromatic heterocycles. The minimum atomic E-state index is -0.297. The van der Waals surface area contributed by atoms with Gasteiger partial charge in [0.15, 0.2) is 5.82 Å². The van der Waals surface area contributed by atoms with Crippen molar-refractivity contribution in [2.45, 2.75) is 26.4 Å². The number of hydrogen-bond donors (Lipinski definition) is 1. The number of nitrogens with one attached hydrogen (secondary N) is 1. The number of carbonyl (C=O) groups excluding carboxylic acids is 1. The fraction of sp³-hybridized carbons (Fsp3) is 0.500. The van der Waals surface area contributed by atoms with Crippen molar-refractivity contribution in [3.63, 3.8) is 0 Å². The summed E-state index contributed by atoms with van der Waals surface area (Å²) < 4.78 is 14.7. The molecular formula is C16H22FN7O. The van der Waals surface area contributed by atoms with Crippen LogP contribution in [0, 0.1) is 5.82 Å². The summed E-state index contributed by atoms with van der Waals surface area (Å²) in [5.74, 6) is 0.390. The Morgan fingerprint density at radius 2 is 1.88 bits per heavy atom. The molecule has 2 amide bonds. The maximum absolute atomic E-state index is 13.1. The zero-order chi connectivity index (χ0) is 17.8. The summed E-state index contributed by atoms with van der Waals surface area (Å²) in [5, 5.41) is 14.7. The monoisotopic (exact) mass is 347 g/mol. The van der Waals surface area contributed by atoms with Crippen LogP contribution in [0.1, 0.15) is 19.7 Å². The number of halogens is 1. The molecule has 25 heavy (non-hydrogen) atoms. The predicted molar refractivity (Wildman–Crippen MR) is 89.6 cm³/mol. The van der Waals surface area contributed by atoms with Gasteiger partial charge in [-0.15, -0.1) is 5.10 Å². The van der Waals surface area contributed by atoms with Crippen molar-refractivity contribution in [2.24, 2.45) is 0 Å². The molecular weight excluding hydrogens is 325 g/mol. The van der Waals surface area contributed by atoms with Crippen LogP contribution < -0.4 is 5.32 Å². The van der Waals surface area contributed by atoms with Gasteiger partial charge in [-0.2, -0.15) is 4.68 Å². The Bertz CT molecular complexity index is 708. The normalized spacial score (nSPS) is 15.6. The molecule has 1 aliphatic rings. The summed E-state index contributed by atoms with van der Waals surface area (Å²) in [5.41, 5.74) is 0.719. The van der Waals surface area contributed by atoms with Gasteiger partial charge >= 0.3 is 6.03 Å². The first kappa shape index (κ1) is 17.3. The average Bonchev–Trinajstić information content (AvgIpc) is 3.03. The molecule has 0 spiro atoms. The van der Waals surface area contributed by atoms with E-state index in [4.69, 9.17) is 0 Å². The number of nitrogens with zero attached hydrogens (tertiary/aromatic N) is 6. The molecule has 3 rings (SSSR count). The van der Waals surface area contributed by atoms with Crippen LogP contribution in [0.25, 0.3) is 5.69 Å². The summed E-state index contributed by atoms with van der Waals surface area (Å²) in [7, 11) is 0. The van der Waals surface area contributed by atoms with Crippen LogP contribution in [0.2, 0.25) is 0 Å². The largest absolute Gasteiger partial charge is 0.336 e. The molecule has 2 heterocycles. The Morgan fingerprint density at radius 3 is 2.52 bits per heavy atom. The zero-order valence-electron chi connectivity index (χ0n) is 14.4. The SMILES string of the molecule is CC(C)NC(=O)N1CCN(Cc2nnnn2-c2ccc(F)cc2)CC1. The van der Waals surface area contributed by atoms with Crippen molar-refractivity contribution < 1.29 is 9.18 Å². The molecule has 0 unspecified atom stereocenters. The molecule has 9 heteroatoms. The minimum absolute atomic E-state index is 0.0224. The number of tetrazole rings is 1. The molecule has 1 aliphatic heterocycles. The second kappa shape index (κ2) is 7.56. The van der Waals surface area contributed by atoms with Gasteiger partial charge in [-0.25, -0.2) is 9.18 Å². The molecule has 1 aromatic carbocycles. The van der Waals surface area contributed by atoms with Crippen LogP contribution >= 0.6 is 0 Å². The highest BCUT2D eigenvalue weighted by Gasteiger charge is 2.23. The van der Waals surface area contributed by atoms with Gasteiger partial charge in [-0.1, -0.05) is 0 Å². The van der Waals surface area contributed by atoms with E-state index in [0.29, 0.717) is 25.5 Å². The number of hydrogen-bond acceptors (Lipinski definition) is 5. The summed E-state index contributed by atoms with van der Waals surface area (Å²) in [4.78, 5) is 16.0. The Hall–Kier alpha value is -2.55. The Kier molecular flexibility index (Phi) is 5.22. The molecule has 0 atom stereocenters. The molecule has 1 fully saturated rings. The van der Waals surface area contributed by atoms with Crippen LogP contribution in [0.15, 0.2) is 24.3 Å². The van der Waals surface area contributed by atoms with Crippen molar-refractivity contribution >= 4 is 6.03 Å². The second-order valence-corrected chi connectivity index (χ2v) is 6.35. The number of rotatable bonds is 4. The maximum Gasteiger partial charge on any atom is 0.317 e. The van der Waals surface area contributed by atoms with Crippen molar-refractivity contribution in [2.75, 3.05) is 26.2 Å². The zero-order valence-corrected chi connectivity index (χ0v) is 14.4. The molecule has 0 radical (unpaired) electrons. The van der Waals surface area contributed by atoms with Crippen molar-refractivity contribution in [3.8, 4) is 5.69 Å². The molecule has 0 bridgehead atoms. The highest BCUT2D eigenvalue weighted by molar-refractivity contribution is 5.74. The van der Waals surface area contributed by atoms with E-state index < -0.39 is 0 Å². The fourth-order valence-electron chi connectivity index (χ4n) is 2.73. The van der Waals surface area contributed by atoms with E-state index >= 15 is 0 Å². The number of carbonyl (C=O) groups is 1. The van der Waals surface area contributed by atoms with E-state index in [1.807, 2.05) is 18.7 Å². The van der Waals surface area contributed by atoms with Gasteiger partial charge in [0.2, 0.25) is 0 Å². The van der Waals surface area contributed by atoms with Gasteiger partial charge < -0.3 is 10.2 Å². The van der Waals surface area contributed by atoms with Crippen LogP contribution in [0.3, 0.4) is 0 Å². The van der Waals surface area contributed by atoms with Crippen molar-refractivity contribution in [1.29, 1.82) is 0 Å². The van der Waals surface area contributed by atoms with E-state index in [1.54, 1.807) is 16.8 Å². The van der Waals surface area contributed by atoms with Crippen molar-refractivity contribution in [3.05, 3.63) is 35.9 Å². The first-order valence-electron chi connectivity index (χ1n) is 8.34. The third-order valence-electron chi connectivity index (χ3n) is 4.04. The highest BCUT2D eigenvalue weighted by Crippen LogP contribution is 2.12. The van der Waals surface area contributed by atoms with Gasteiger partial charge in [0.25, 0.3) is 0 Å². The second-order valence-electron chi connectivity index (χ2n) is 6.35.